The van der Waals surface area contributed by atoms with E-state index in [1.165, 1.54) is 40.4 Å². The van der Waals surface area contributed by atoms with E-state index in [1.54, 1.807) is 31.2 Å². The largest absolute Gasteiger partial charge is 0.352 e. The fraction of sp³-hybridized carbons (Fsp3) is 0.269. The smallest absolute Gasteiger partial charge is 0.337 e. The minimum Gasteiger partial charge on any atom is -0.352 e. The normalized spacial score (nSPS) is 13.5. The molecule has 1 saturated carbocycles. The lowest BCUT2D eigenvalue weighted by Crippen LogP contribution is -2.41. The molecule has 0 aliphatic heterocycles. The first-order valence-corrected chi connectivity index (χ1v) is 14.7. The second-order valence-electron chi connectivity index (χ2n) is 9.40. The molecule has 0 bridgehead atoms. The molecule has 1 fully saturated rings. The molecule has 2 heterocycles. The molecule has 4 aromatic rings. The molecule has 1 aliphatic rings. The first-order chi connectivity index (χ1) is 18.5. The molecule has 0 radical (unpaired) electrons. The lowest BCUT2D eigenvalue weighted by Gasteiger charge is -2.19. The van der Waals surface area contributed by atoms with E-state index in [2.05, 4.69) is 26.0 Å². The Morgan fingerprint density at radius 3 is 2.46 bits per heavy atom. The Balaban J connectivity index is 1.81. The number of nitrogens with zero attached hydrogens (tertiary/aromatic N) is 3. The van der Waals surface area contributed by atoms with Crippen LogP contribution in [0.1, 0.15) is 32.2 Å². The van der Waals surface area contributed by atoms with Crippen LogP contribution in [0.4, 0.5) is 21.5 Å². The van der Waals surface area contributed by atoms with Gasteiger partial charge in [-0.3, -0.25) is 23.4 Å². The SMILES string of the molecule is CCCS(=O)(=O)Nc1cccc(-n2c(=O)n(C3CC3)c(=O)c3c(Nc4ccc(Br)cc4F)cc(=O)n(C)c32)c1. The van der Waals surface area contributed by atoms with Crippen LogP contribution >= 0.6 is 15.9 Å². The van der Waals surface area contributed by atoms with Crippen molar-refractivity contribution in [2.45, 2.75) is 32.2 Å². The minimum absolute atomic E-state index is 0.0111. The van der Waals surface area contributed by atoms with E-state index >= 15 is 0 Å². The van der Waals surface area contributed by atoms with Crippen molar-refractivity contribution in [3.63, 3.8) is 0 Å². The summed E-state index contributed by atoms with van der Waals surface area (Å²) < 4.78 is 46.0. The number of nitrogens with one attached hydrogen (secondary N) is 2. The van der Waals surface area contributed by atoms with Crippen molar-refractivity contribution in [1.29, 1.82) is 0 Å². The number of aryl methyl sites for hydroxylation is 1. The van der Waals surface area contributed by atoms with Gasteiger partial charge < -0.3 is 5.32 Å². The molecule has 0 amide bonds. The van der Waals surface area contributed by atoms with Gasteiger partial charge in [-0.15, -0.1) is 0 Å². The summed E-state index contributed by atoms with van der Waals surface area (Å²) in [6, 6.07) is 11.4. The van der Waals surface area contributed by atoms with E-state index in [-0.39, 0.29) is 45.6 Å². The summed E-state index contributed by atoms with van der Waals surface area (Å²) in [5.74, 6) is -0.691. The monoisotopic (exact) mass is 617 g/mol. The average Bonchev–Trinajstić information content (AvgIpc) is 3.69. The molecule has 5 rings (SSSR count). The predicted octanol–water partition coefficient (Wildman–Crippen LogP) is 3.98. The van der Waals surface area contributed by atoms with Crippen molar-refractivity contribution in [3.05, 3.63) is 90.0 Å². The third-order valence-corrected chi connectivity index (χ3v) is 8.40. The highest BCUT2D eigenvalue weighted by atomic mass is 79.9. The van der Waals surface area contributed by atoms with Crippen LogP contribution in [0, 0.1) is 5.82 Å². The number of rotatable bonds is 8. The molecule has 2 aromatic carbocycles. The Hall–Kier alpha value is -3.71. The van der Waals surface area contributed by atoms with Crippen LogP contribution in [0.25, 0.3) is 16.7 Å². The molecule has 0 atom stereocenters. The van der Waals surface area contributed by atoms with Gasteiger partial charge in [0, 0.05) is 23.6 Å². The molecule has 0 unspecified atom stereocenters. The van der Waals surface area contributed by atoms with Crippen LogP contribution in [0.3, 0.4) is 0 Å². The predicted molar refractivity (Wildman–Crippen MR) is 152 cm³/mol. The van der Waals surface area contributed by atoms with Gasteiger partial charge in [0.25, 0.3) is 11.1 Å². The zero-order valence-corrected chi connectivity index (χ0v) is 23.5. The van der Waals surface area contributed by atoms with Gasteiger partial charge in [-0.25, -0.2) is 22.2 Å². The minimum atomic E-state index is -3.61. The average molecular weight is 618 g/mol. The molecular weight excluding hydrogens is 593 g/mol. The van der Waals surface area contributed by atoms with Crippen molar-refractivity contribution >= 4 is 54.0 Å². The standard InChI is InChI=1S/C26H25BrFN5O5S/c1-3-11-39(37,38)30-16-5-4-6-18(13-16)32-24-23(25(35)33(26(32)36)17-8-9-17)21(14-22(34)31(24)2)29-20-10-7-15(27)12-19(20)28/h4-7,10,12-14,17,29-30H,3,8-9,11H2,1-2H3. The van der Waals surface area contributed by atoms with Crippen LogP contribution in [-0.4, -0.2) is 27.9 Å². The molecule has 39 heavy (non-hydrogen) atoms. The molecule has 1 aliphatic carbocycles. The summed E-state index contributed by atoms with van der Waals surface area (Å²) in [5.41, 5.74) is -1.27. The molecule has 204 valence electrons. The maximum absolute atomic E-state index is 14.7. The zero-order valence-electron chi connectivity index (χ0n) is 21.1. The third kappa shape index (κ3) is 5.15. The number of hydrogen-bond acceptors (Lipinski definition) is 6. The Kier molecular flexibility index (Phi) is 6.97. The van der Waals surface area contributed by atoms with Crippen molar-refractivity contribution in [3.8, 4) is 5.69 Å². The molecule has 2 aromatic heterocycles. The Morgan fingerprint density at radius 2 is 1.79 bits per heavy atom. The summed E-state index contributed by atoms with van der Waals surface area (Å²) >= 11 is 3.21. The molecule has 0 saturated heterocycles. The number of halogens is 2. The number of benzene rings is 2. The van der Waals surface area contributed by atoms with Crippen molar-refractivity contribution in [2.24, 2.45) is 7.05 Å². The van der Waals surface area contributed by atoms with E-state index in [1.807, 2.05) is 0 Å². The van der Waals surface area contributed by atoms with Gasteiger partial charge in [0.1, 0.15) is 16.9 Å². The molecule has 2 N–H and O–H groups in total. The first kappa shape index (κ1) is 26.9. The second-order valence-corrected chi connectivity index (χ2v) is 12.2. The maximum atomic E-state index is 14.7. The number of aromatic nitrogens is 3. The van der Waals surface area contributed by atoms with E-state index < -0.39 is 32.6 Å². The summed E-state index contributed by atoms with van der Waals surface area (Å²) in [6.07, 6.45) is 1.68. The van der Waals surface area contributed by atoms with E-state index in [0.29, 0.717) is 23.7 Å². The van der Waals surface area contributed by atoms with E-state index in [0.717, 1.165) is 4.57 Å². The Bertz CT molecular complexity index is 1910. The van der Waals surface area contributed by atoms with Gasteiger partial charge in [0.05, 0.1) is 28.5 Å². The Labute approximate surface area is 230 Å². The number of hydrogen-bond donors (Lipinski definition) is 2. The number of fused-ring (bicyclic) bond motifs is 1. The van der Waals surface area contributed by atoms with Crippen LogP contribution < -0.4 is 26.8 Å². The van der Waals surface area contributed by atoms with Crippen LogP contribution in [0.2, 0.25) is 0 Å². The number of sulfonamides is 1. The number of pyridine rings is 1. The summed E-state index contributed by atoms with van der Waals surface area (Å²) in [4.78, 5) is 40.6. The lowest BCUT2D eigenvalue weighted by atomic mass is 10.2. The van der Waals surface area contributed by atoms with E-state index in [9.17, 15) is 27.2 Å². The molecule has 13 heteroatoms. The molecule has 0 spiro atoms. The zero-order chi connectivity index (χ0) is 28.1. The second kappa shape index (κ2) is 10.1. The first-order valence-electron chi connectivity index (χ1n) is 12.2. The molecular formula is C26H25BrFN5O5S. The van der Waals surface area contributed by atoms with E-state index in [4.69, 9.17) is 0 Å². The van der Waals surface area contributed by atoms with Gasteiger partial charge in [-0.2, -0.15) is 0 Å². The van der Waals surface area contributed by atoms with Crippen LogP contribution in [0.15, 0.2) is 67.4 Å². The fourth-order valence-electron chi connectivity index (χ4n) is 4.49. The quantitative estimate of drug-likeness (QED) is 0.308. The maximum Gasteiger partial charge on any atom is 0.337 e. The fourth-order valence-corrected chi connectivity index (χ4v) is 5.95. The Morgan fingerprint density at radius 1 is 1.05 bits per heavy atom. The lowest BCUT2D eigenvalue weighted by molar-refractivity contribution is 0.600. The van der Waals surface area contributed by atoms with Crippen LogP contribution in [-0.2, 0) is 17.1 Å². The van der Waals surface area contributed by atoms with Crippen molar-refractivity contribution in [2.75, 3.05) is 15.8 Å². The third-order valence-electron chi connectivity index (χ3n) is 6.41. The van der Waals surface area contributed by atoms with Crippen LogP contribution in [0.5, 0.6) is 0 Å². The summed E-state index contributed by atoms with van der Waals surface area (Å²) in [5, 5.41) is 2.88. The summed E-state index contributed by atoms with van der Waals surface area (Å²) in [7, 11) is -2.18. The van der Waals surface area contributed by atoms with Gasteiger partial charge in [0.2, 0.25) is 10.0 Å². The van der Waals surface area contributed by atoms with Gasteiger partial charge in [0.15, 0.2) is 0 Å². The highest BCUT2D eigenvalue weighted by Crippen LogP contribution is 2.34. The van der Waals surface area contributed by atoms with Gasteiger partial charge in [-0.05, 0) is 55.7 Å². The van der Waals surface area contributed by atoms with Gasteiger partial charge >= 0.3 is 5.69 Å². The van der Waals surface area contributed by atoms with Crippen molar-refractivity contribution in [1.82, 2.24) is 13.7 Å². The highest BCUT2D eigenvalue weighted by Gasteiger charge is 2.31. The highest BCUT2D eigenvalue weighted by molar-refractivity contribution is 9.10. The number of anilines is 3. The topological polar surface area (TPSA) is 124 Å². The molecule has 10 nitrogen and oxygen atoms in total. The van der Waals surface area contributed by atoms with Gasteiger partial charge in [-0.1, -0.05) is 28.9 Å². The summed E-state index contributed by atoms with van der Waals surface area (Å²) in [6.45, 7) is 1.74. The van der Waals surface area contributed by atoms with Crippen molar-refractivity contribution < 1.29 is 12.8 Å².